The summed E-state index contributed by atoms with van der Waals surface area (Å²) in [6.07, 6.45) is -0.195. The molecular weight excluding hydrogens is 297 g/mol. The van der Waals surface area contributed by atoms with Crippen LogP contribution in [0.15, 0.2) is 18.2 Å². The number of benzene rings is 1. The van der Waals surface area contributed by atoms with Gasteiger partial charge in [0.25, 0.3) is 0 Å². The quantitative estimate of drug-likeness (QED) is 0.815. The van der Waals surface area contributed by atoms with Gasteiger partial charge < -0.3 is 11.1 Å². The SMILES string of the molecule is CC1CCCC(Nc2ccc(C(N)=S)c(C(F)(F)F)c2)C1. The van der Waals surface area contributed by atoms with Crippen LogP contribution < -0.4 is 11.1 Å². The van der Waals surface area contributed by atoms with Crippen LogP contribution in [0.4, 0.5) is 18.9 Å². The molecule has 0 bridgehead atoms. The molecule has 6 heteroatoms. The Morgan fingerprint density at radius 1 is 1.33 bits per heavy atom. The Morgan fingerprint density at radius 3 is 2.62 bits per heavy atom. The second-order valence-electron chi connectivity index (χ2n) is 5.74. The van der Waals surface area contributed by atoms with Crippen molar-refractivity contribution in [1.82, 2.24) is 0 Å². The number of thiocarbonyl (C=S) groups is 1. The van der Waals surface area contributed by atoms with E-state index in [4.69, 9.17) is 18.0 Å². The Kier molecular flexibility index (Phi) is 4.76. The summed E-state index contributed by atoms with van der Waals surface area (Å²) in [5.74, 6) is 0.606. The van der Waals surface area contributed by atoms with Crippen LogP contribution in [0.3, 0.4) is 0 Å². The zero-order chi connectivity index (χ0) is 15.6. The molecule has 0 radical (unpaired) electrons. The molecule has 0 heterocycles. The second kappa shape index (κ2) is 6.22. The maximum absolute atomic E-state index is 13.1. The van der Waals surface area contributed by atoms with Gasteiger partial charge in [-0.2, -0.15) is 13.2 Å². The number of alkyl halides is 3. The van der Waals surface area contributed by atoms with Gasteiger partial charge in [0.2, 0.25) is 0 Å². The molecule has 1 fully saturated rings. The van der Waals surface area contributed by atoms with E-state index in [0.29, 0.717) is 11.6 Å². The first-order valence-electron chi connectivity index (χ1n) is 7.05. The highest BCUT2D eigenvalue weighted by molar-refractivity contribution is 7.80. The van der Waals surface area contributed by atoms with E-state index in [1.165, 1.54) is 12.5 Å². The molecule has 3 N–H and O–H groups in total. The molecule has 2 unspecified atom stereocenters. The van der Waals surface area contributed by atoms with Crippen molar-refractivity contribution in [3.63, 3.8) is 0 Å². The summed E-state index contributed by atoms with van der Waals surface area (Å²) >= 11 is 4.70. The minimum Gasteiger partial charge on any atom is -0.389 e. The van der Waals surface area contributed by atoms with Crippen molar-refractivity contribution < 1.29 is 13.2 Å². The summed E-state index contributed by atoms with van der Waals surface area (Å²) in [5.41, 5.74) is 4.95. The molecule has 21 heavy (non-hydrogen) atoms. The van der Waals surface area contributed by atoms with Crippen LogP contribution in [-0.4, -0.2) is 11.0 Å². The first-order chi connectivity index (χ1) is 9.77. The van der Waals surface area contributed by atoms with Gasteiger partial charge >= 0.3 is 6.18 Å². The summed E-state index contributed by atoms with van der Waals surface area (Å²) in [4.78, 5) is -0.236. The van der Waals surface area contributed by atoms with Crippen LogP contribution in [0.1, 0.15) is 43.7 Å². The maximum Gasteiger partial charge on any atom is 0.417 e. The highest BCUT2D eigenvalue weighted by Crippen LogP contribution is 2.34. The second-order valence-corrected chi connectivity index (χ2v) is 6.18. The Bertz CT molecular complexity index is 528. The van der Waals surface area contributed by atoms with E-state index in [2.05, 4.69) is 12.2 Å². The standard InChI is InChI=1S/C15H19F3N2S/c1-9-3-2-4-10(7-9)20-11-5-6-12(14(19)21)13(8-11)15(16,17)18/h5-6,8-10,20H,2-4,7H2,1H3,(H2,19,21). The van der Waals surface area contributed by atoms with E-state index >= 15 is 0 Å². The van der Waals surface area contributed by atoms with Crippen molar-refractivity contribution >= 4 is 22.9 Å². The lowest BCUT2D eigenvalue weighted by Crippen LogP contribution is -2.26. The average molecular weight is 316 g/mol. The molecule has 1 aromatic rings. The molecule has 0 spiro atoms. The smallest absolute Gasteiger partial charge is 0.389 e. The van der Waals surface area contributed by atoms with Gasteiger partial charge in [-0.05, 0) is 37.0 Å². The highest BCUT2D eigenvalue weighted by Gasteiger charge is 2.34. The first-order valence-corrected chi connectivity index (χ1v) is 7.46. The molecule has 0 aliphatic heterocycles. The molecule has 1 aromatic carbocycles. The number of nitrogens with one attached hydrogen (secondary N) is 1. The summed E-state index contributed by atoms with van der Waals surface area (Å²) in [7, 11) is 0. The van der Waals surface area contributed by atoms with Gasteiger partial charge in [0.1, 0.15) is 4.99 Å². The molecule has 0 saturated heterocycles. The highest BCUT2D eigenvalue weighted by atomic mass is 32.1. The molecule has 2 rings (SSSR count). The van der Waals surface area contributed by atoms with Gasteiger partial charge in [0.15, 0.2) is 0 Å². The Labute approximate surface area is 127 Å². The summed E-state index contributed by atoms with van der Waals surface area (Å²) in [5, 5.41) is 3.21. The normalized spacial score (nSPS) is 22.9. The predicted molar refractivity (Wildman–Crippen MR) is 82.4 cm³/mol. The van der Waals surface area contributed by atoms with E-state index in [1.54, 1.807) is 6.07 Å². The van der Waals surface area contributed by atoms with Crippen LogP contribution >= 0.6 is 12.2 Å². The molecule has 2 atom stereocenters. The zero-order valence-electron chi connectivity index (χ0n) is 11.8. The summed E-state index contributed by atoms with van der Waals surface area (Å²) in [6.45, 7) is 2.17. The van der Waals surface area contributed by atoms with Crippen molar-refractivity contribution in [2.45, 2.75) is 44.8 Å². The van der Waals surface area contributed by atoms with E-state index in [9.17, 15) is 13.2 Å². The minimum absolute atomic E-state index is 0.125. The largest absolute Gasteiger partial charge is 0.417 e. The predicted octanol–water partition coefficient (Wildman–Crippen LogP) is 4.33. The van der Waals surface area contributed by atoms with Crippen molar-refractivity contribution in [1.29, 1.82) is 0 Å². The number of halogens is 3. The Morgan fingerprint density at radius 2 is 2.05 bits per heavy atom. The Balaban J connectivity index is 2.23. The lowest BCUT2D eigenvalue weighted by atomic mass is 9.87. The van der Waals surface area contributed by atoms with E-state index < -0.39 is 11.7 Å². The summed E-state index contributed by atoms with van der Waals surface area (Å²) < 4.78 is 39.3. The van der Waals surface area contributed by atoms with Crippen molar-refractivity contribution in [3.8, 4) is 0 Å². The zero-order valence-corrected chi connectivity index (χ0v) is 12.7. The maximum atomic E-state index is 13.1. The number of anilines is 1. The van der Waals surface area contributed by atoms with Gasteiger partial charge in [-0.15, -0.1) is 0 Å². The van der Waals surface area contributed by atoms with Gasteiger partial charge in [-0.25, -0.2) is 0 Å². The fourth-order valence-electron chi connectivity index (χ4n) is 2.88. The van der Waals surface area contributed by atoms with Crippen molar-refractivity contribution in [2.75, 3.05) is 5.32 Å². The van der Waals surface area contributed by atoms with Gasteiger partial charge in [0, 0.05) is 17.3 Å². The van der Waals surface area contributed by atoms with Crippen LogP contribution in [0, 0.1) is 5.92 Å². The number of hydrogen-bond acceptors (Lipinski definition) is 2. The van der Waals surface area contributed by atoms with Crippen LogP contribution in [-0.2, 0) is 6.18 Å². The number of hydrogen-bond donors (Lipinski definition) is 2. The molecule has 2 nitrogen and oxygen atoms in total. The summed E-state index contributed by atoms with van der Waals surface area (Å²) in [6, 6.07) is 4.29. The third kappa shape index (κ3) is 4.09. The van der Waals surface area contributed by atoms with E-state index in [1.807, 2.05) is 0 Å². The minimum atomic E-state index is -4.46. The molecule has 0 aromatic heterocycles. The third-order valence-corrected chi connectivity index (χ3v) is 4.12. The fourth-order valence-corrected chi connectivity index (χ4v) is 3.06. The molecule has 116 valence electrons. The fraction of sp³-hybridized carbons (Fsp3) is 0.533. The monoisotopic (exact) mass is 316 g/mol. The lowest BCUT2D eigenvalue weighted by Gasteiger charge is -2.28. The van der Waals surface area contributed by atoms with Gasteiger partial charge in [-0.1, -0.05) is 32.0 Å². The lowest BCUT2D eigenvalue weighted by molar-refractivity contribution is -0.137. The number of rotatable bonds is 3. The van der Waals surface area contributed by atoms with Crippen molar-refractivity contribution in [2.24, 2.45) is 11.7 Å². The van der Waals surface area contributed by atoms with E-state index in [-0.39, 0.29) is 16.6 Å². The topological polar surface area (TPSA) is 38.0 Å². The Hall–Kier alpha value is -1.30. The third-order valence-electron chi connectivity index (χ3n) is 3.90. The molecule has 1 aliphatic carbocycles. The molecule has 1 aliphatic rings. The van der Waals surface area contributed by atoms with Gasteiger partial charge in [-0.3, -0.25) is 0 Å². The average Bonchev–Trinajstić information content (AvgIpc) is 2.37. The molecule has 1 saturated carbocycles. The van der Waals surface area contributed by atoms with Gasteiger partial charge in [0.05, 0.1) is 5.56 Å². The van der Waals surface area contributed by atoms with Crippen LogP contribution in [0.5, 0.6) is 0 Å². The van der Waals surface area contributed by atoms with E-state index in [0.717, 1.165) is 25.3 Å². The van der Waals surface area contributed by atoms with Crippen LogP contribution in [0.25, 0.3) is 0 Å². The molecular formula is C15H19F3N2S. The first kappa shape index (κ1) is 16.1. The van der Waals surface area contributed by atoms with Crippen molar-refractivity contribution in [3.05, 3.63) is 29.3 Å². The molecule has 0 amide bonds. The van der Waals surface area contributed by atoms with Crippen LogP contribution in [0.2, 0.25) is 0 Å². The number of nitrogens with two attached hydrogens (primary N) is 1.